The molecule has 0 saturated carbocycles. The molecule has 31 heavy (non-hydrogen) atoms. The highest BCUT2D eigenvalue weighted by molar-refractivity contribution is 6.02. The number of likely N-dealkylation sites (N-methyl/N-ethyl adjacent to an activating group) is 1. The average Bonchev–Trinajstić information content (AvgIpc) is 2.97. The summed E-state index contributed by atoms with van der Waals surface area (Å²) in [5, 5.41) is 2.51. The number of nitrogens with zero attached hydrogens (tertiary/aromatic N) is 2. The minimum Gasteiger partial charge on any atom is -0.463 e. The lowest BCUT2D eigenvalue weighted by atomic mass is 9.76. The Bertz CT molecular complexity index is 1210. The van der Waals surface area contributed by atoms with Gasteiger partial charge in [0.25, 0.3) is 0 Å². The molecule has 1 fully saturated rings. The van der Waals surface area contributed by atoms with Gasteiger partial charge in [-0.2, -0.15) is 0 Å². The number of ether oxygens (including phenoxy) is 2. The largest absolute Gasteiger partial charge is 0.463 e. The molecule has 3 aromatic carbocycles. The first-order valence-electron chi connectivity index (χ1n) is 11.1. The van der Waals surface area contributed by atoms with Gasteiger partial charge in [0.1, 0.15) is 5.75 Å². The zero-order chi connectivity index (χ0) is 21.2. The number of anilines is 2. The first-order chi connectivity index (χ1) is 15.0. The van der Waals surface area contributed by atoms with Crippen molar-refractivity contribution in [3.05, 3.63) is 71.8 Å². The molecule has 3 aromatic rings. The van der Waals surface area contributed by atoms with Gasteiger partial charge in [-0.3, -0.25) is 0 Å². The second kappa shape index (κ2) is 6.51. The molecule has 0 N–H and O–H groups in total. The zero-order valence-corrected chi connectivity index (χ0v) is 18.4. The van der Waals surface area contributed by atoms with Crippen LogP contribution in [0.1, 0.15) is 25.0 Å². The Morgan fingerprint density at radius 1 is 0.871 bits per heavy atom. The fourth-order valence-electron chi connectivity index (χ4n) is 5.68. The molecular weight excluding hydrogens is 384 g/mol. The molecule has 1 unspecified atom stereocenters. The summed E-state index contributed by atoms with van der Waals surface area (Å²) in [6, 6.07) is 19.6. The molecule has 4 heteroatoms. The van der Waals surface area contributed by atoms with E-state index in [9.17, 15) is 0 Å². The Kier molecular flexibility index (Phi) is 3.94. The van der Waals surface area contributed by atoms with E-state index in [1.54, 1.807) is 0 Å². The van der Waals surface area contributed by atoms with Gasteiger partial charge in [0.2, 0.25) is 5.72 Å². The van der Waals surface area contributed by atoms with Crippen LogP contribution in [0.2, 0.25) is 0 Å². The average molecular weight is 413 g/mol. The van der Waals surface area contributed by atoms with Crippen LogP contribution in [0.3, 0.4) is 0 Å². The summed E-state index contributed by atoms with van der Waals surface area (Å²) in [4.78, 5) is 4.73. The molecule has 0 amide bonds. The Hall–Kier alpha value is -2.98. The van der Waals surface area contributed by atoms with Gasteiger partial charge >= 0.3 is 0 Å². The van der Waals surface area contributed by atoms with E-state index in [4.69, 9.17) is 9.47 Å². The second-order valence-electron chi connectivity index (χ2n) is 9.29. The number of morpholine rings is 1. The van der Waals surface area contributed by atoms with Crippen LogP contribution in [0, 0.1) is 0 Å². The zero-order valence-electron chi connectivity index (χ0n) is 18.4. The molecule has 0 aliphatic carbocycles. The Morgan fingerprint density at radius 3 is 2.35 bits per heavy atom. The van der Waals surface area contributed by atoms with Gasteiger partial charge in [0.05, 0.1) is 18.6 Å². The number of para-hydroxylation sites is 1. The van der Waals surface area contributed by atoms with Gasteiger partial charge in [0, 0.05) is 48.5 Å². The van der Waals surface area contributed by atoms with Gasteiger partial charge in [0.15, 0.2) is 0 Å². The molecule has 0 bridgehead atoms. The van der Waals surface area contributed by atoms with Gasteiger partial charge in [-0.1, -0.05) is 42.5 Å². The molecule has 0 radical (unpaired) electrons. The van der Waals surface area contributed by atoms with Crippen LogP contribution >= 0.6 is 0 Å². The van der Waals surface area contributed by atoms with E-state index < -0.39 is 5.72 Å². The second-order valence-corrected chi connectivity index (χ2v) is 9.29. The number of fused-ring (bicyclic) bond motifs is 4. The van der Waals surface area contributed by atoms with Crippen molar-refractivity contribution in [2.24, 2.45) is 0 Å². The Morgan fingerprint density at radius 2 is 1.58 bits per heavy atom. The van der Waals surface area contributed by atoms with Crippen molar-refractivity contribution >= 4 is 28.2 Å². The lowest BCUT2D eigenvalue weighted by molar-refractivity contribution is 0.0584. The molecule has 3 aliphatic rings. The SMILES string of the molecule is CN1c2ccccc2C(C)(C)C12C=Cc1c(cc(N3CCOCC3)c3ccccc13)O2. The summed E-state index contributed by atoms with van der Waals surface area (Å²) in [5.74, 6) is 0.954. The van der Waals surface area contributed by atoms with E-state index in [-0.39, 0.29) is 5.41 Å². The van der Waals surface area contributed by atoms with E-state index in [1.165, 1.54) is 33.3 Å². The van der Waals surface area contributed by atoms with E-state index in [0.717, 1.165) is 32.1 Å². The summed E-state index contributed by atoms with van der Waals surface area (Å²) in [6.07, 6.45) is 4.53. The maximum Gasteiger partial charge on any atom is 0.211 e. The molecule has 3 aliphatic heterocycles. The predicted molar refractivity (Wildman–Crippen MR) is 127 cm³/mol. The van der Waals surface area contributed by atoms with Gasteiger partial charge < -0.3 is 19.3 Å². The molecule has 3 heterocycles. The van der Waals surface area contributed by atoms with Crippen molar-refractivity contribution in [2.45, 2.75) is 25.0 Å². The van der Waals surface area contributed by atoms with E-state index in [2.05, 4.69) is 97.4 Å². The summed E-state index contributed by atoms with van der Waals surface area (Å²) < 4.78 is 12.6. The molecule has 0 aromatic heterocycles. The van der Waals surface area contributed by atoms with E-state index in [0.29, 0.717) is 0 Å². The van der Waals surface area contributed by atoms with Crippen molar-refractivity contribution in [1.82, 2.24) is 0 Å². The molecular formula is C27H28N2O2. The summed E-state index contributed by atoms with van der Waals surface area (Å²) in [5.41, 5.74) is 4.19. The molecule has 4 nitrogen and oxygen atoms in total. The number of hydrogen-bond donors (Lipinski definition) is 0. The van der Waals surface area contributed by atoms with E-state index >= 15 is 0 Å². The van der Waals surface area contributed by atoms with Crippen LogP contribution in [-0.2, 0) is 10.2 Å². The fraction of sp³-hybridized carbons (Fsp3) is 0.333. The van der Waals surface area contributed by atoms with Gasteiger partial charge in [-0.15, -0.1) is 0 Å². The topological polar surface area (TPSA) is 24.9 Å². The monoisotopic (exact) mass is 412 g/mol. The highest BCUT2D eigenvalue weighted by Crippen LogP contribution is 2.55. The highest BCUT2D eigenvalue weighted by atomic mass is 16.5. The normalized spacial score (nSPS) is 23.7. The third kappa shape index (κ3) is 2.45. The Labute approximate surface area is 183 Å². The minimum atomic E-state index is -0.561. The molecule has 1 saturated heterocycles. The highest BCUT2D eigenvalue weighted by Gasteiger charge is 2.57. The van der Waals surface area contributed by atoms with Crippen molar-refractivity contribution in [2.75, 3.05) is 43.2 Å². The maximum atomic E-state index is 7.01. The maximum absolute atomic E-state index is 7.01. The van der Waals surface area contributed by atoms with Gasteiger partial charge in [-0.05, 0) is 43.0 Å². The quantitative estimate of drug-likeness (QED) is 0.548. The van der Waals surface area contributed by atoms with Crippen LogP contribution in [-0.4, -0.2) is 39.1 Å². The van der Waals surface area contributed by atoms with Crippen molar-refractivity contribution < 1.29 is 9.47 Å². The molecule has 6 rings (SSSR count). The molecule has 1 spiro atoms. The standard InChI is InChI=1S/C27H28N2O2/c1-26(2)22-10-6-7-11-23(22)28(3)27(26)13-12-21-19-8-4-5-9-20(19)24(18-25(21)31-27)29-14-16-30-17-15-29/h4-13,18H,14-17H2,1-3H3. The molecule has 158 valence electrons. The third-order valence-electron chi connectivity index (χ3n) is 7.45. The van der Waals surface area contributed by atoms with Crippen LogP contribution in [0.25, 0.3) is 16.8 Å². The number of hydrogen-bond acceptors (Lipinski definition) is 4. The van der Waals surface area contributed by atoms with Gasteiger partial charge in [-0.25, -0.2) is 0 Å². The smallest absolute Gasteiger partial charge is 0.211 e. The van der Waals surface area contributed by atoms with Crippen LogP contribution in [0.15, 0.2) is 60.7 Å². The first-order valence-corrected chi connectivity index (χ1v) is 11.1. The summed E-state index contributed by atoms with van der Waals surface area (Å²) in [6.45, 7) is 7.91. The van der Waals surface area contributed by atoms with Crippen molar-refractivity contribution in [1.29, 1.82) is 0 Å². The lowest BCUT2D eigenvalue weighted by Gasteiger charge is -2.46. The Balaban J connectivity index is 1.53. The van der Waals surface area contributed by atoms with Crippen LogP contribution in [0.4, 0.5) is 11.4 Å². The van der Waals surface area contributed by atoms with Crippen molar-refractivity contribution in [3.8, 4) is 5.75 Å². The minimum absolute atomic E-state index is 0.197. The number of benzene rings is 3. The van der Waals surface area contributed by atoms with Crippen molar-refractivity contribution in [3.63, 3.8) is 0 Å². The first kappa shape index (κ1) is 18.8. The summed E-state index contributed by atoms with van der Waals surface area (Å²) >= 11 is 0. The molecule has 1 atom stereocenters. The predicted octanol–water partition coefficient (Wildman–Crippen LogP) is 5.21. The lowest BCUT2D eigenvalue weighted by Crippen LogP contribution is -2.58. The fourth-order valence-corrected chi connectivity index (χ4v) is 5.68. The third-order valence-corrected chi connectivity index (χ3v) is 7.45. The summed E-state index contributed by atoms with van der Waals surface area (Å²) in [7, 11) is 2.15. The van der Waals surface area contributed by atoms with E-state index in [1.807, 2.05) is 0 Å². The van der Waals surface area contributed by atoms with Crippen LogP contribution in [0.5, 0.6) is 5.75 Å². The van der Waals surface area contributed by atoms with Crippen LogP contribution < -0.4 is 14.5 Å². The number of rotatable bonds is 1.